The number of aliphatic hydroxyl groups excluding tert-OH is 1. The largest absolute Gasteiger partial charge is 0.491 e. The highest BCUT2D eigenvalue weighted by atomic mass is 16.5. The predicted octanol–water partition coefficient (Wildman–Crippen LogP) is 3.78. The van der Waals surface area contributed by atoms with Gasteiger partial charge >= 0.3 is 0 Å². The zero-order valence-corrected chi connectivity index (χ0v) is 15.7. The zero-order chi connectivity index (χ0) is 19.9. The third-order valence-electron chi connectivity index (χ3n) is 4.28. The van der Waals surface area contributed by atoms with Crippen LogP contribution in [0.5, 0.6) is 5.75 Å². The number of aromatic nitrogens is 3. The second-order valence-electron chi connectivity index (χ2n) is 6.26. The van der Waals surface area contributed by atoms with Gasteiger partial charge in [0.2, 0.25) is 11.8 Å². The van der Waals surface area contributed by atoms with Crippen LogP contribution in [0.4, 0.5) is 5.69 Å². The maximum Gasteiger partial charge on any atom is 0.250 e. The maximum absolute atomic E-state index is 8.82. The van der Waals surface area contributed by atoms with E-state index in [-0.39, 0.29) is 13.2 Å². The SMILES string of the molecule is OCCOc1ccc(CNc2ccccc2-c2nnc(-c3ccncc3)o2)cc1. The smallest absolute Gasteiger partial charge is 0.250 e. The Balaban J connectivity index is 1.48. The van der Waals surface area contributed by atoms with Gasteiger partial charge in [-0.25, -0.2) is 0 Å². The molecule has 0 spiro atoms. The van der Waals surface area contributed by atoms with Gasteiger partial charge < -0.3 is 19.6 Å². The molecule has 0 aliphatic heterocycles. The number of para-hydroxylation sites is 1. The monoisotopic (exact) mass is 388 g/mol. The van der Waals surface area contributed by atoms with Gasteiger partial charge in [-0.1, -0.05) is 24.3 Å². The molecule has 0 saturated carbocycles. The minimum atomic E-state index is -0.00135. The molecular weight excluding hydrogens is 368 g/mol. The molecular formula is C22H20N4O3. The topological polar surface area (TPSA) is 93.3 Å². The molecule has 0 aliphatic rings. The van der Waals surface area contributed by atoms with E-state index in [1.165, 1.54) is 0 Å². The molecule has 0 unspecified atom stereocenters. The van der Waals surface area contributed by atoms with Gasteiger partial charge in [-0.15, -0.1) is 10.2 Å². The van der Waals surface area contributed by atoms with Crippen molar-refractivity contribution in [2.45, 2.75) is 6.54 Å². The molecule has 2 N–H and O–H groups in total. The maximum atomic E-state index is 8.82. The van der Waals surface area contributed by atoms with E-state index in [1.54, 1.807) is 12.4 Å². The average Bonchev–Trinajstić information content (AvgIpc) is 3.28. The normalized spacial score (nSPS) is 10.7. The Hall–Kier alpha value is -3.71. The minimum Gasteiger partial charge on any atom is -0.491 e. The van der Waals surface area contributed by atoms with Crippen molar-refractivity contribution in [3.05, 3.63) is 78.6 Å². The molecule has 146 valence electrons. The number of benzene rings is 2. The fraction of sp³-hybridized carbons (Fsp3) is 0.136. The highest BCUT2D eigenvalue weighted by Crippen LogP contribution is 2.29. The Kier molecular flexibility index (Phi) is 5.78. The van der Waals surface area contributed by atoms with E-state index in [0.717, 1.165) is 28.1 Å². The molecule has 0 fully saturated rings. The van der Waals surface area contributed by atoms with Crippen LogP contribution in [0, 0.1) is 0 Å². The summed E-state index contributed by atoms with van der Waals surface area (Å²) >= 11 is 0. The number of nitrogens with one attached hydrogen (secondary N) is 1. The van der Waals surface area contributed by atoms with Crippen molar-refractivity contribution in [3.63, 3.8) is 0 Å². The molecule has 4 aromatic rings. The molecule has 0 saturated heterocycles. The summed E-state index contributed by atoms with van der Waals surface area (Å²) in [6.45, 7) is 0.915. The van der Waals surface area contributed by atoms with Crippen LogP contribution >= 0.6 is 0 Å². The van der Waals surface area contributed by atoms with Crippen molar-refractivity contribution in [3.8, 4) is 28.7 Å². The summed E-state index contributed by atoms with van der Waals surface area (Å²) in [4.78, 5) is 4.00. The van der Waals surface area contributed by atoms with E-state index < -0.39 is 0 Å². The zero-order valence-electron chi connectivity index (χ0n) is 15.7. The van der Waals surface area contributed by atoms with Crippen LogP contribution in [0.3, 0.4) is 0 Å². The number of hydrogen-bond acceptors (Lipinski definition) is 7. The number of anilines is 1. The second-order valence-corrected chi connectivity index (χ2v) is 6.26. The van der Waals surface area contributed by atoms with Crippen molar-refractivity contribution >= 4 is 5.69 Å². The van der Waals surface area contributed by atoms with Crippen LogP contribution < -0.4 is 10.1 Å². The Morgan fingerprint density at radius 3 is 2.45 bits per heavy atom. The highest BCUT2D eigenvalue weighted by Gasteiger charge is 2.13. The van der Waals surface area contributed by atoms with E-state index in [0.29, 0.717) is 18.3 Å². The van der Waals surface area contributed by atoms with Crippen molar-refractivity contribution in [1.82, 2.24) is 15.2 Å². The lowest BCUT2D eigenvalue weighted by atomic mass is 10.1. The van der Waals surface area contributed by atoms with Gasteiger partial charge in [0.25, 0.3) is 0 Å². The summed E-state index contributed by atoms with van der Waals surface area (Å²) in [5.74, 6) is 1.64. The summed E-state index contributed by atoms with van der Waals surface area (Å²) in [6, 6.07) is 19.2. The summed E-state index contributed by atoms with van der Waals surface area (Å²) in [5, 5.41) is 20.6. The molecule has 0 amide bonds. The molecule has 4 rings (SSSR count). The molecule has 7 nitrogen and oxygen atoms in total. The first-order valence-electron chi connectivity index (χ1n) is 9.23. The summed E-state index contributed by atoms with van der Waals surface area (Å²) in [7, 11) is 0. The number of pyridine rings is 1. The first-order valence-corrected chi connectivity index (χ1v) is 9.23. The number of hydrogen-bond donors (Lipinski definition) is 2. The number of ether oxygens (including phenoxy) is 1. The lowest BCUT2D eigenvalue weighted by Crippen LogP contribution is -2.03. The van der Waals surface area contributed by atoms with Crippen LogP contribution in [0.25, 0.3) is 22.9 Å². The van der Waals surface area contributed by atoms with Crippen molar-refractivity contribution < 1.29 is 14.3 Å². The van der Waals surface area contributed by atoms with Crippen LogP contribution in [-0.4, -0.2) is 33.5 Å². The van der Waals surface area contributed by atoms with Gasteiger partial charge in [-0.2, -0.15) is 0 Å². The van der Waals surface area contributed by atoms with Crippen molar-refractivity contribution in [1.29, 1.82) is 0 Å². The van der Waals surface area contributed by atoms with E-state index in [1.807, 2.05) is 60.7 Å². The predicted molar refractivity (Wildman–Crippen MR) is 109 cm³/mol. The molecule has 2 aromatic heterocycles. The lowest BCUT2D eigenvalue weighted by Gasteiger charge is -2.10. The summed E-state index contributed by atoms with van der Waals surface area (Å²) in [6.07, 6.45) is 3.38. The van der Waals surface area contributed by atoms with Crippen LogP contribution in [0.2, 0.25) is 0 Å². The Bertz CT molecular complexity index is 1050. The van der Waals surface area contributed by atoms with E-state index in [2.05, 4.69) is 20.5 Å². The van der Waals surface area contributed by atoms with E-state index in [4.69, 9.17) is 14.3 Å². The lowest BCUT2D eigenvalue weighted by molar-refractivity contribution is 0.201. The standard InChI is InChI=1S/C22H20N4O3/c27-13-14-28-18-7-5-16(6-8-18)15-24-20-4-2-1-3-19(20)22-26-25-21(29-22)17-9-11-23-12-10-17/h1-12,24,27H,13-15H2. The summed E-state index contributed by atoms with van der Waals surface area (Å²) in [5.41, 5.74) is 3.66. The fourth-order valence-corrected chi connectivity index (χ4v) is 2.83. The third-order valence-corrected chi connectivity index (χ3v) is 4.28. The van der Waals surface area contributed by atoms with E-state index >= 15 is 0 Å². The Morgan fingerprint density at radius 1 is 0.897 bits per heavy atom. The molecule has 0 aliphatic carbocycles. The van der Waals surface area contributed by atoms with Gasteiger partial charge in [0.1, 0.15) is 12.4 Å². The molecule has 2 heterocycles. The van der Waals surface area contributed by atoms with E-state index in [9.17, 15) is 0 Å². The van der Waals surface area contributed by atoms with Gasteiger partial charge in [0, 0.05) is 30.2 Å². The number of nitrogens with zero attached hydrogens (tertiary/aromatic N) is 3. The van der Waals surface area contributed by atoms with Gasteiger partial charge in [-0.3, -0.25) is 4.98 Å². The number of aliphatic hydroxyl groups is 1. The van der Waals surface area contributed by atoms with Gasteiger partial charge in [-0.05, 0) is 42.0 Å². The molecule has 29 heavy (non-hydrogen) atoms. The van der Waals surface area contributed by atoms with Gasteiger partial charge in [0.05, 0.1) is 12.2 Å². The first-order chi connectivity index (χ1) is 14.3. The van der Waals surface area contributed by atoms with Crippen LogP contribution in [-0.2, 0) is 6.54 Å². The molecule has 0 atom stereocenters. The van der Waals surface area contributed by atoms with Crippen LogP contribution in [0.1, 0.15) is 5.56 Å². The summed E-state index contributed by atoms with van der Waals surface area (Å²) < 4.78 is 11.3. The van der Waals surface area contributed by atoms with Gasteiger partial charge in [0.15, 0.2) is 0 Å². The molecule has 2 aromatic carbocycles. The first kappa shape index (κ1) is 18.6. The Labute approximate surface area is 168 Å². The molecule has 0 radical (unpaired) electrons. The Morgan fingerprint density at radius 2 is 1.66 bits per heavy atom. The number of rotatable bonds is 8. The third kappa shape index (κ3) is 4.59. The average molecular weight is 388 g/mol. The molecule has 0 bridgehead atoms. The fourth-order valence-electron chi connectivity index (χ4n) is 2.83. The quantitative estimate of drug-likeness (QED) is 0.474. The minimum absolute atomic E-state index is 0.00135. The highest BCUT2D eigenvalue weighted by molar-refractivity contribution is 5.73. The van der Waals surface area contributed by atoms with Crippen molar-refractivity contribution in [2.24, 2.45) is 0 Å². The molecule has 7 heteroatoms. The second kappa shape index (κ2) is 8.99. The van der Waals surface area contributed by atoms with Crippen molar-refractivity contribution in [2.75, 3.05) is 18.5 Å². The van der Waals surface area contributed by atoms with Crippen LogP contribution in [0.15, 0.2) is 77.5 Å².